The Hall–Kier alpha value is -2.17. The van der Waals surface area contributed by atoms with Crippen LogP contribution in [-0.4, -0.2) is 29.0 Å². The number of fused-ring (bicyclic) bond motifs is 1. The minimum atomic E-state index is 0.0405. The van der Waals surface area contributed by atoms with E-state index in [0.717, 1.165) is 11.0 Å². The van der Waals surface area contributed by atoms with Crippen molar-refractivity contribution in [1.29, 1.82) is 0 Å². The zero-order valence-corrected chi connectivity index (χ0v) is 10.3. The molecule has 0 radical (unpaired) electrons. The van der Waals surface area contributed by atoms with Gasteiger partial charge in [0.2, 0.25) is 5.91 Å². The minimum absolute atomic E-state index is 0.0405. The van der Waals surface area contributed by atoms with Crippen LogP contribution in [0.4, 0.5) is 5.82 Å². The average Bonchev–Trinajstić information content (AvgIpc) is 2.39. The van der Waals surface area contributed by atoms with Gasteiger partial charge in [-0.2, -0.15) is 0 Å². The van der Waals surface area contributed by atoms with Crippen LogP contribution >= 0.6 is 0 Å². The zero-order chi connectivity index (χ0) is 12.8. The van der Waals surface area contributed by atoms with Gasteiger partial charge in [-0.05, 0) is 19.1 Å². The molecule has 0 bridgehead atoms. The summed E-state index contributed by atoms with van der Waals surface area (Å²) in [5.41, 5.74) is 1.72. The Morgan fingerprint density at radius 3 is 2.83 bits per heavy atom. The Balaban J connectivity index is 1.93. The van der Waals surface area contributed by atoms with E-state index in [9.17, 15) is 4.79 Å². The van der Waals surface area contributed by atoms with E-state index >= 15 is 0 Å². The molecule has 1 amide bonds. The molecule has 2 N–H and O–H groups in total. The van der Waals surface area contributed by atoms with E-state index < -0.39 is 0 Å². The van der Waals surface area contributed by atoms with Crippen LogP contribution in [0, 0.1) is 0 Å². The number of nitrogens with one attached hydrogen (secondary N) is 2. The predicted molar refractivity (Wildman–Crippen MR) is 71.3 cm³/mol. The van der Waals surface area contributed by atoms with Crippen LogP contribution in [0.2, 0.25) is 0 Å². The maximum atomic E-state index is 11.3. The Morgan fingerprint density at radius 2 is 2.06 bits per heavy atom. The molecule has 5 heteroatoms. The van der Waals surface area contributed by atoms with Crippen LogP contribution in [0.3, 0.4) is 0 Å². The molecule has 5 nitrogen and oxygen atoms in total. The second-order valence-electron chi connectivity index (χ2n) is 3.87. The van der Waals surface area contributed by atoms with Gasteiger partial charge in [0.05, 0.1) is 17.2 Å². The molecule has 1 aromatic carbocycles. The maximum Gasteiger partial charge on any atom is 0.221 e. The highest BCUT2D eigenvalue weighted by atomic mass is 16.1. The van der Waals surface area contributed by atoms with Crippen LogP contribution in [0.1, 0.15) is 13.3 Å². The lowest BCUT2D eigenvalue weighted by molar-refractivity contribution is -0.120. The highest BCUT2D eigenvalue weighted by Crippen LogP contribution is 2.10. The second kappa shape index (κ2) is 5.95. The molecule has 0 unspecified atom stereocenters. The fourth-order valence-corrected chi connectivity index (χ4v) is 1.63. The van der Waals surface area contributed by atoms with Crippen molar-refractivity contribution in [3.05, 3.63) is 30.5 Å². The fourth-order valence-electron chi connectivity index (χ4n) is 1.63. The SMILES string of the molecule is CCNC(=O)CCNc1cnc2ccccc2n1. The van der Waals surface area contributed by atoms with Gasteiger partial charge in [0.25, 0.3) is 0 Å². The number of nitrogens with zero attached hydrogens (tertiary/aromatic N) is 2. The van der Waals surface area contributed by atoms with E-state index in [2.05, 4.69) is 20.6 Å². The number of hydrogen-bond acceptors (Lipinski definition) is 4. The lowest BCUT2D eigenvalue weighted by Gasteiger charge is -2.06. The van der Waals surface area contributed by atoms with E-state index in [1.165, 1.54) is 0 Å². The van der Waals surface area contributed by atoms with Gasteiger partial charge >= 0.3 is 0 Å². The number of hydrogen-bond donors (Lipinski definition) is 2. The summed E-state index contributed by atoms with van der Waals surface area (Å²) in [6, 6.07) is 7.69. The van der Waals surface area contributed by atoms with Crippen LogP contribution in [0.5, 0.6) is 0 Å². The molecule has 0 spiro atoms. The average molecular weight is 244 g/mol. The summed E-state index contributed by atoms with van der Waals surface area (Å²) in [5, 5.41) is 5.84. The van der Waals surface area contributed by atoms with E-state index in [1.54, 1.807) is 6.20 Å². The van der Waals surface area contributed by atoms with Crippen molar-refractivity contribution in [2.45, 2.75) is 13.3 Å². The van der Waals surface area contributed by atoms with Crippen LogP contribution < -0.4 is 10.6 Å². The highest BCUT2D eigenvalue weighted by molar-refractivity contribution is 5.77. The van der Waals surface area contributed by atoms with Crippen molar-refractivity contribution in [3.8, 4) is 0 Å². The summed E-state index contributed by atoms with van der Waals surface area (Å²) in [7, 11) is 0. The fraction of sp³-hybridized carbons (Fsp3) is 0.308. The lowest BCUT2D eigenvalue weighted by Crippen LogP contribution is -2.24. The summed E-state index contributed by atoms with van der Waals surface area (Å²) < 4.78 is 0. The minimum Gasteiger partial charge on any atom is -0.368 e. The van der Waals surface area contributed by atoms with Gasteiger partial charge in [0.1, 0.15) is 5.82 Å². The van der Waals surface area contributed by atoms with Gasteiger partial charge in [0, 0.05) is 19.5 Å². The molecule has 0 fully saturated rings. The summed E-state index contributed by atoms with van der Waals surface area (Å²) in [5.74, 6) is 0.733. The quantitative estimate of drug-likeness (QED) is 0.837. The van der Waals surface area contributed by atoms with Crippen molar-refractivity contribution in [2.75, 3.05) is 18.4 Å². The standard InChI is InChI=1S/C13H16N4O/c1-2-14-13(18)7-8-15-12-9-16-10-5-3-4-6-11(10)17-12/h3-6,9H,2,7-8H2,1H3,(H,14,18)(H,15,17). The van der Waals surface area contributed by atoms with Crippen LogP contribution in [0.15, 0.2) is 30.5 Å². The van der Waals surface area contributed by atoms with Gasteiger partial charge in [-0.3, -0.25) is 9.78 Å². The van der Waals surface area contributed by atoms with Crippen molar-refractivity contribution in [3.63, 3.8) is 0 Å². The molecular formula is C13H16N4O. The molecule has 0 atom stereocenters. The number of benzene rings is 1. The van der Waals surface area contributed by atoms with Gasteiger partial charge in [0.15, 0.2) is 0 Å². The first kappa shape index (κ1) is 12.3. The number of anilines is 1. The Kier molecular flexibility index (Phi) is 4.06. The molecule has 0 aliphatic rings. The summed E-state index contributed by atoms with van der Waals surface area (Å²) in [4.78, 5) is 20.0. The van der Waals surface area contributed by atoms with Crippen molar-refractivity contribution < 1.29 is 4.79 Å². The highest BCUT2D eigenvalue weighted by Gasteiger charge is 2.01. The summed E-state index contributed by atoms with van der Waals surface area (Å²) >= 11 is 0. The number of para-hydroxylation sites is 2. The smallest absolute Gasteiger partial charge is 0.221 e. The van der Waals surface area contributed by atoms with Crippen molar-refractivity contribution >= 4 is 22.8 Å². The molecule has 18 heavy (non-hydrogen) atoms. The molecule has 2 aromatic rings. The summed E-state index contributed by atoms with van der Waals surface area (Å²) in [6.45, 7) is 3.12. The van der Waals surface area contributed by atoms with Gasteiger partial charge < -0.3 is 10.6 Å². The van der Waals surface area contributed by atoms with Crippen molar-refractivity contribution in [1.82, 2.24) is 15.3 Å². The third kappa shape index (κ3) is 3.16. The largest absolute Gasteiger partial charge is 0.368 e. The van der Waals surface area contributed by atoms with E-state index in [1.807, 2.05) is 31.2 Å². The Bertz CT molecular complexity index is 541. The number of carbonyl (C=O) groups excluding carboxylic acids is 1. The van der Waals surface area contributed by atoms with Gasteiger partial charge in [-0.25, -0.2) is 4.98 Å². The number of carbonyl (C=O) groups is 1. The number of aromatic nitrogens is 2. The molecule has 0 aliphatic heterocycles. The lowest BCUT2D eigenvalue weighted by atomic mass is 10.3. The third-order valence-corrected chi connectivity index (χ3v) is 2.48. The molecule has 0 saturated carbocycles. The zero-order valence-electron chi connectivity index (χ0n) is 10.3. The van der Waals surface area contributed by atoms with Crippen molar-refractivity contribution in [2.24, 2.45) is 0 Å². The monoisotopic (exact) mass is 244 g/mol. The maximum absolute atomic E-state index is 11.3. The van der Waals surface area contributed by atoms with Gasteiger partial charge in [-0.1, -0.05) is 12.1 Å². The molecule has 1 heterocycles. The summed E-state index contributed by atoms with van der Waals surface area (Å²) in [6.07, 6.45) is 2.11. The van der Waals surface area contributed by atoms with E-state index in [4.69, 9.17) is 0 Å². The van der Waals surface area contributed by atoms with Crippen LogP contribution in [-0.2, 0) is 4.79 Å². The molecular weight excluding hydrogens is 228 g/mol. The Morgan fingerprint density at radius 1 is 1.28 bits per heavy atom. The first-order chi connectivity index (χ1) is 8.79. The second-order valence-corrected chi connectivity index (χ2v) is 3.87. The predicted octanol–water partition coefficient (Wildman–Crippen LogP) is 1.57. The molecule has 1 aromatic heterocycles. The molecule has 0 saturated heterocycles. The van der Waals surface area contributed by atoms with Gasteiger partial charge in [-0.15, -0.1) is 0 Å². The van der Waals surface area contributed by atoms with E-state index in [0.29, 0.717) is 25.3 Å². The molecule has 2 rings (SSSR count). The molecule has 0 aliphatic carbocycles. The number of amides is 1. The normalized spacial score (nSPS) is 10.3. The first-order valence-corrected chi connectivity index (χ1v) is 6.02. The number of rotatable bonds is 5. The van der Waals surface area contributed by atoms with E-state index in [-0.39, 0.29) is 5.91 Å². The Labute approximate surface area is 106 Å². The van der Waals surface area contributed by atoms with Crippen LogP contribution in [0.25, 0.3) is 11.0 Å². The topological polar surface area (TPSA) is 66.9 Å². The first-order valence-electron chi connectivity index (χ1n) is 6.02. The third-order valence-electron chi connectivity index (χ3n) is 2.48. The molecule has 94 valence electrons.